The highest BCUT2D eigenvalue weighted by Gasteiger charge is 2.22. The molecule has 4 heteroatoms. The second kappa shape index (κ2) is 2.87. The van der Waals surface area contributed by atoms with Crippen molar-refractivity contribution in [3.63, 3.8) is 0 Å². The number of hydrogen-bond acceptors (Lipinski definition) is 2. The third kappa shape index (κ3) is 1.14. The highest BCUT2D eigenvalue weighted by molar-refractivity contribution is 9.11. The summed E-state index contributed by atoms with van der Waals surface area (Å²) in [5, 5.41) is 0. The summed E-state index contributed by atoms with van der Waals surface area (Å²) in [4.78, 5) is 5.59. The number of halogens is 2. The minimum absolute atomic E-state index is 0.169. The molecule has 1 aromatic carbocycles. The van der Waals surface area contributed by atoms with Gasteiger partial charge in [0.1, 0.15) is 5.82 Å². The van der Waals surface area contributed by atoms with Crippen LogP contribution in [0.4, 0.5) is 4.39 Å². The minimum atomic E-state index is -0.169. The van der Waals surface area contributed by atoms with Crippen molar-refractivity contribution in [2.24, 2.45) is 0 Å². The highest BCUT2D eigenvalue weighted by atomic mass is 79.9. The van der Waals surface area contributed by atoms with Gasteiger partial charge in [-0.15, -0.1) is 11.3 Å². The topological polar surface area (TPSA) is 12.9 Å². The van der Waals surface area contributed by atoms with Crippen molar-refractivity contribution >= 4 is 27.3 Å². The molecule has 1 heterocycles. The molecule has 14 heavy (non-hydrogen) atoms. The van der Waals surface area contributed by atoms with Crippen molar-refractivity contribution < 1.29 is 4.39 Å². The van der Waals surface area contributed by atoms with Crippen molar-refractivity contribution in [2.45, 2.75) is 6.42 Å². The molecule has 0 atom stereocenters. The molecule has 3 rings (SSSR count). The van der Waals surface area contributed by atoms with E-state index in [1.54, 1.807) is 17.4 Å². The quantitative estimate of drug-likeness (QED) is 0.608. The Kier molecular flexibility index (Phi) is 1.76. The molecule has 1 nitrogen and oxygen atoms in total. The highest BCUT2D eigenvalue weighted by Crippen LogP contribution is 2.40. The van der Waals surface area contributed by atoms with Crippen LogP contribution >= 0.6 is 27.3 Å². The van der Waals surface area contributed by atoms with Crippen LogP contribution < -0.4 is 0 Å². The van der Waals surface area contributed by atoms with E-state index < -0.39 is 0 Å². The first-order chi connectivity index (χ1) is 6.74. The van der Waals surface area contributed by atoms with Crippen molar-refractivity contribution in [3.8, 4) is 11.3 Å². The van der Waals surface area contributed by atoms with E-state index in [2.05, 4.69) is 20.9 Å². The van der Waals surface area contributed by atoms with E-state index in [4.69, 9.17) is 0 Å². The third-order valence-corrected chi connectivity index (χ3v) is 3.85. The Labute approximate surface area is 92.7 Å². The summed E-state index contributed by atoms with van der Waals surface area (Å²) in [6.45, 7) is 0. The number of hydrogen-bond donors (Lipinski definition) is 0. The summed E-state index contributed by atoms with van der Waals surface area (Å²) in [5.41, 5.74) is 3.13. The minimum Gasteiger partial charge on any atom is -0.229 e. The molecular formula is C10H5BrFNS. The van der Waals surface area contributed by atoms with E-state index in [-0.39, 0.29) is 5.82 Å². The number of nitrogens with zero attached hydrogens (tertiary/aromatic N) is 1. The molecule has 1 aliphatic rings. The Morgan fingerprint density at radius 3 is 3.14 bits per heavy atom. The van der Waals surface area contributed by atoms with Crippen LogP contribution in [-0.2, 0) is 6.42 Å². The van der Waals surface area contributed by atoms with E-state index >= 15 is 0 Å². The van der Waals surface area contributed by atoms with Gasteiger partial charge in [-0.3, -0.25) is 0 Å². The van der Waals surface area contributed by atoms with Gasteiger partial charge in [-0.2, -0.15) is 0 Å². The van der Waals surface area contributed by atoms with E-state index in [0.717, 1.165) is 27.2 Å². The van der Waals surface area contributed by atoms with Crippen molar-refractivity contribution in [3.05, 3.63) is 38.4 Å². The first-order valence-corrected chi connectivity index (χ1v) is 5.79. The number of rotatable bonds is 0. The SMILES string of the molecule is Fc1ccc2c(c1)Cc1sc(Br)nc1-2. The Morgan fingerprint density at radius 1 is 1.43 bits per heavy atom. The summed E-state index contributed by atoms with van der Waals surface area (Å²) in [6.07, 6.45) is 0.811. The predicted octanol–water partition coefficient (Wildman–Crippen LogP) is 3.62. The largest absolute Gasteiger partial charge is 0.229 e. The lowest BCUT2D eigenvalue weighted by atomic mass is 10.1. The Bertz CT molecular complexity index is 521. The first-order valence-electron chi connectivity index (χ1n) is 4.18. The van der Waals surface area contributed by atoms with Gasteiger partial charge < -0.3 is 0 Å². The molecule has 0 fully saturated rings. The van der Waals surface area contributed by atoms with Crippen LogP contribution in [0.2, 0.25) is 0 Å². The number of aromatic nitrogens is 1. The maximum absolute atomic E-state index is 12.9. The van der Waals surface area contributed by atoms with Gasteiger partial charge in [-0.05, 0) is 39.7 Å². The molecule has 0 amide bonds. The lowest BCUT2D eigenvalue weighted by Crippen LogP contribution is -1.82. The van der Waals surface area contributed by atoms with Gasteiger partial charge in [0.15, 0.2) is 3.92 Å². The van der Waals surface area contributed by atoms with E-state index in [0.29, 0.717) is 0 Å². The molecule has 0 unspecified atom stereocenters. The van der Waals surface area contributed by atoms with Crippen LogP contribution in [-0.4, -0.2) is 4.98 Å². The lowest BCUT2D eigenvalue weighted by Gasteiger charge is -1.97. The molecule has 0 saturated heterocycles. The second-order valence-corrected chi connectivity index (χ2v) is 5.58. The number of fused-ring (bicyclic) bond motifs is 3. The average molecular weight is 270 g/mol. The van der Waals surface area contributed by atoms with Crippen molar-refractivity contribution in [2.75, 3.05) is 0 Å². The van der Waals surface area contributed by atoms with Gasteiger partial charge in [0.05, 0.1) is 5.69 Å². The molecule has 0 spiro atoms. The molecule has 70 valence electrons. The molecule has 0 aliphatic heterocycles. The van der Waals surface area contributed by atoms with Crippen LogP contribution in [0.1, 0.15) is 10.4 Å². The standard InChI is InChI=1S/C10H5BrFNS/c11-10-13-9-7-2-1-6(12)3-5(7)4-8(9)14-10/h1-3H,4H2. The van der Waals surface area contributed by atoms with Crippen LogP contribution in [0.3, 0.4) is 0 Å². The molecule has 2 aromatic rings. The molecule has 0 radical (unpaired) electrons. The number of benzene rings is 1. The van der Waals surface area contributed by atoms with Crippen LogP contribution in [0.5, 0.6) is 0 Å². The molecule has 0 bridgehead atoms. The summed E-state index contributed by atoms with van der Waals surface area (Å²) < 4.78 is 13.8. The van der Waals surface area contributed by atoms with Gasteiger partial charge in [-0.25, -0.2) is 9.37 Å². The lowest BCUT2D eigenvalue weighted by molar-refractivity contribution is 0.626. The Morgan fingerprint density at radius 2 is 2.29 bits per heavy atom. The maximum atomic E-state index is 12.9. The average Bonchev–Trinajstić information content (AvgIpc) is 2.59. The van der Waals surface area contributed by atoms with Crippen LogP contribution in [0.25, 0.3) is 11.3 Å². The number of thiazole rings is 1. The first kappa shape index (κ1) is 8.56. The fourth-order valence-corrected chi connectivity index (χ4v) is 3.35. The normalized spacial score (nSPS) is 12.7. The fourth-order valence-electron chi connectivity index (χ4n) is 1.77. The van der Waals surface area contributed by atoms with Crippen LogP contribution in [0.15, 0.2) is 22.1 Å². The summed E-state index contributed by atoms with van der Waals surface area (Å²) in [5.74, 6) is -0.169. The van der Waals surface area contributed by atoms with Gasteiger partial charge in [0.25, 0.3) is 0 Å². The zero-order valence-corrected chi connectivity index (χ0v) is 9.45. The molecule has 0 N–H and O–H groups in total. The van der Waals surface area contributed by atoms with Crippen molar-refractivity contribution in [1.29, 1.82) is 0 Å². The van der Waals surface area contributed by atoms with Gasteiger partial charge in [-0.1, -0.05) is 0 Å². The van der Waals surface area contributed by atoms with Gasteiger partial charge in [0, 0.05) is 16.9 Å². The van der Waals surface area contributed by atoms with Gasteiger partial charge >= 0.3 is 0 Å². The second-order valence-electron chi connectivity index (χ2n) is 3.22. The summed E-state index contributed by atoms with van der Waals surface area (Å²) >= 11 is 4.98. The smallest absolute Gasteiger partial charge is 0.160 e. The Balaban J connectivity index is 2.25. The predicted molar refractivity (Wildman–Crippen MR) is 58.0 cm³/mol. The monoisotopic (exact) mass is 269 g/mol. The van der Waals surface area contributed by atoms with E-state index in [9.17, 15) is 4.39 Å². The summed E-state index contributed by atoms with van der Waals surface area (Å²) in [7, 11) is 0. The third-order valence-electron chi connectivity index (χ3n) is 2.34. The zero-order valence-electron chi connectivity index (χ0n) is 7.05. The molecule has 0 saturated carbocycles. The molecule has 1 aromatic heterocycles. The molecule has 1 aliphatic carbocycles. The molecular weight excluding hydrogens is 265 g/mol. The van der Waals surface area contributed by atoms with Crippen LogP contribution in [0, 0.1) is 5.82 Å². The maximum Gasteiger partial charge on any atom is 0.160 e. The van der Waals surface area contributed by atoms with Crippen molar-refractivity contribution in [1.82, 2.24) is 4.98 Å². The zero-order chi connectivity index (χ0) is 9.71. The fraction of sp³-hybridized carbons (Fsp3) is 0.100. The van der Waals surface area contributed by atoms with Gasteiger partial charge in [0.2, 0.25) is 0 Å². The van der Waals surface area contributed by atoms with E-state index in [1.165, 1.54) is 10.9 Å². The Hall–Kier alpha value is -0.740. The van der Waals surface area contributed by atoms with E-state index in [1.807, 2.05) is 6.07 Å². The summed E-state index contributed by atoms with van der Waals surface area (Å²) in [6, 6.07) is 4.89.